The quantitative estimate of drug-likeness (QED) is 0.537. The summed E-state index contributed by atoms with van der Waals surface area (Å²) >= 11 is 7.24. The summed E-state index contributed by atoms with van der Waals surface area (Å²) in [6, 6.07) is 15.5. The van der Waals surface area contributed by atoms with E-state index in [0.29, 0.717) is 11.4 Å². The zero-order valence-electron chi connectivity index (χ0n) is 14.5. The Labute approximate surface area is 177 Å². The van der Waals surface area contributed by atoms with Gasteiger partial charge in [0.25, 0.3) is 0 Å². The van der Waals surface area contributed by atoms with Crippen molar-refractivity contribution in [3.8, 4) is 0 Å². The van der Waals surface area contributed by atoms with Gasteiger partial charge in [0.15, 0.2) is 0 Å². The van der Waals surface area contributed by atoms with Crippen molar-refractivity contribution in [2.75, 3.05) is 5.75 Å². The number of rotatable bonds is 5. The minimum atomic E-state index is -1.22. The Morgan fingerprint density at radius 2 is 2.00 bits per heavy atom. The van der Waals surface area contributed by atoms with E-state index in [1.807, 2.05) is 36.4 Å². The van der Waals surface area contributed by atoms with Crippen LogP contribution in [0, 0.1) is 0 Å². The van der Waals surface area contributed by atoms with E-state index in [9.17, 15) is 9.32 Å². The van der Waals surface area contributed by atoms with Gasteiger partial charge in [0, 0.05) is 35.7 Å². The summed E-state index contributed by atoms with van der Waals surface area (Å²) in [5, 5.41) is 14.1. The molecule has 3 atom stereocenters. The summed E-state index contributed by atoms with van der Waals surface area (Å²) < 4.78 is 15.7. The van der Waals surface area contributed by atoms with Crippen LogP contribution in [-0.4, -0.2) is 30.6 Å². The molecule has 1 aromatic heterocycles. The standard InChI is InChI=1S/C21H19Br2NO2S/c22-14-6-8-20-18(10-14)19-11-15(23)7-9-21(19)24(20)12-16(25)13-27(26)17-4-2-1-3-5-17/h1-6,8-11,15-16,25H,7,12-13H2. The van der Waals surface area contributed by atoms with Crippen molar-refractivity contribution in [1.82, 2.24) is 4.57 Å². The van der Waals surface area contributed by atoms with Crippen LogP contribution in [0.5, 0.6) is 0 Å². The zero-order valence-corrected chi connectivity index (χ0v) is 18.5. The van der Waals surface area contributed by atoms with Crippen LogP contribution in [0.15, 0.2) is 57.9 Å². The van der Waals surface area contributed by atoms with Crippen molar-refractivity contribution in [2.24, 2.45) is 0 Å². The van der Waals surface area contributed by atoms with Gasteiger partial charge in [0.2, 0.25) is 0 Å². The van der Waals surface area contributed by atoms with E-state index >= 15 is 0 Å². The van der Waals surface area contributed by atoms with Gasteiger partial charge >= 0.3 is 0 Å². The number of benzene rings is 2. The van der Waals surface area contributed by atoms with Gasteiger partial charge in [0.05, 0.1) is 29.2 Å². The molecule has 2 aromatic carbocycles. The molecule has 3 unspecified atom stereocenters. The maximum Gasteiger partial charge on any atom is 0.0837 e. The van der Waals surface area contributed by atoms with Gasteiger partial charge in [0.1, 0.15) is 0 Å². The molecular weight excluding hydrogens is 490 g/mol. The second kappa shape index (κ2) is 8.03. The Bertz CT molecular complexity index is 1120. The Morgan fingerprint density at radius 3 is 2.78 bits per heavy atom. The summed E-state index contributed by atoms with van der Waals surface area (Å²) in [5.74, 6) is 0.222. The maximum atomic E-state index is 12.5. The first-order valence-corrected chi connectivity index (χ1v) is 11.8. The SMILES string of the molecule is O=S(CC(O)Cn1c2c(c3cc(Br)ccc31)=CC(Br)CC=2)c1ccccc1. The Kier molecular flexibility index (Phi) is 5.69. The van der Waals surface area contributed by atoms with Crippen LogP contribution in [0.1, 0.15) is 6.42 Å². The highest BCUT2D eigenvalue weighted by Gasteiger charge is 2.17. The number of hydrogen-bond acceptors (Lipinski definition) is 2. The number of fused-ring (bicyclic) bond motifs is 3. The fourth-order valence-corrected chi connectivity index (χ4v) is 5.46. The molecule has 0 saturated heterocycles. The Balaban J connectivity index is 1.69. The summed E-state index contributed by atoms with van der Waals surface area (Å²) in [6.07, 6.45) is 4.67. The van der Waals surface area contributed by atoms with E-state index in [-0.39, 0.29) is 5.75 Å². The van der Waals surface area contributed by atoms with Crippen LogP contribution < -0.4 is 10.6 Å². The number of hydrogen-bond donors (Lipinski definition) is 1. The predicted molar refractivity (Wildman–Crippen MR) is 119 cm³/mol. The van der Waals surface area contributed by atoms with Gasteiger partial charge < -0.3 is 9.67 Å². The Morgan fingerprint density at radius 1 is 1.22 bits per heavy atom. The third kappa shape index (κ3) is 3.99. The third-order valence-electron chi connectivity index (χ3n) is 4.73. The fraction of sp³-hybridized carbons (Fsp3) is 0.238. The minimum absolute atomic E-state index is 0.222. The van der Waals surface area contributed by atoms with Crippen LogP contribution in [0.2, 0.25) is 0 Å². The van der Waals surface area contributed by atoms with E-state index in [4.69, 9.17) is 0 Å². The lowest BCUT2D eigenvalue weighted by atomic mass is 10.1. The zero-order chi connectivity index (χ0) is 19.0. The van der Waals surface area contributed by atoms with E-state index in [0.717, 1.165) is 32.0 Å². The van der Waals surface area contributed by atoms with Crippen molar-refractivity contribution in [3.63, 3.8) is 0 Å². The highest BCUT2D eigenvalue weighted by atomic mass is 79.9. The molecule has 3 aromatic rings. The monoisotopic (exact) mass is 507 g/mol. The number of halogens is 2. The molecule has 0 radical (unpaired) electrons. The molecule has 3 nitrogen and oxygen atoms in total. The van der Waals surface area contributed by atoms with Crippen LogP contribution >= 0.6 is 31.9 Å². The first-order chi connectivity index (χ1) is 13.0. The first-order valence-electron chi connectivity index (χ1n) is 8.78. The molecule has 0 bridgehead atoms. The van der Waals surface area contributed by atoms with Crippen LogP contribution in [0.25, 0.3) is 23.1 Å². The first kappa shape index (κ1) is 19.1. The number of aliphatic hydroxyl groups is 1. The highest BCUT2D eigenvalue weighted by Crippen LogP contribution is 2.19. The van der Waals surface area contributed by atoms with Crippen molar-refractivity contribution >= 4 is 65.7 Å². The second-order valence-electron chi connectivity index (χ2n) is 6.67. The van der Waals surface area contributed by atoms with Gasteiger partial charge in [-0.1, -0.05) is 62.2 Å². The smallest absolute Gasteiger partial charge is 0.0837 e. The largest absolute Gasteiger partial charge is 0.390 e. The van der Waals surface area contributed by atoms with Crippen LogP contribution in [0.4, 0.5) is 0 Å². The number of aromatic nitrogens is 1. The summed E-state index contributed by atoms with van der Waals surface area (Å²) in [4.78, 5) is 1.07. The molecule has 1 aliphatic rings. The summed E-state index contributed by atoms with van der Waals surface area (Å²) in [5.41, 5.74) is 1.09. The lowest BCUT2D eigenvalue weighted by Crippen LogP contribution is -2.36. The van der Waals surface area contributed by atoms with Crippen LogP contribution in [0.3, 0.4) is 0 Å². The van der Waals surface area contributed by atoms with Gasteiger partial charge in [-0.2, -0.15) is 0 Å². The van der Waals surface area contributed by atoms with Crippen molar-refractivity contribution in [3.05, 3.63) is 63.6 Å². The molecule has 1 N–H and O–H groups in total. The topological polar surface area (TPSA) is 42.2 Å². The second-order valence-corrected chi connectivity index (χ2v) is 10.3. The lowest BCUT2D eigenvalue weighted by molar-refractivity contribution is 0.177. The maximum absolute atomic E-state index is 12.5. The van der Waals surface area contributed by atoms with Gasteiger partial charge in [-0.15, -0.1) is 0 Å². The molecule has 1 aliphatic carbocycles. The molecule has 0 amide bonds. The fourth-order valence-electron chi connectivity index (χ4n) is 3.54. The highest BCUT2D eigenvalue weighted by molar-refractivity contribution is 9.10. The third-order valence-corrected chi connectivity index (χ3v) is 7.35. The Hall–Kier alpha value is -1.21. The molecule has 1 heterocycles. The van der Waals surface area contributed by atoms with Crippen molar-refractivity contribution in [2.45, 2.75) is 28.8 Å². The molecule has 27 heavy (non-hydrogen) atoms. The predicted octanol–water partition coefficient (Wildman–Crippen LogP) is 3.30. The molecule has 4 rings (SSSR count). The van der Waals surface area contributed by atoms with E-state index < -0.39 is 16.9 Å². The van der Waals surface area contributed by atoms with E-state index in [2.05, 4.69) is 60.7 Å². The molecule has 0 aliphatic heterocycles. The average molecular weight is 509 g/mol. The van der Waals surface area contributed by atoms with E-state index in [1.165, 1.54) is 5.22 Å². The molecule has 6 heteroatoms. The van der Waals surface area contributed by atoms with Gasteiger partial charge in [-0.25, -0.2) is 0 Å². The van der Waals surface area contributed by atoms with Crippen molar-refractivity contribution in [1.29, 1.82) is 0 Å². The van der Waals surface area contributed by atoms with E-state index in [1.54, 1.807) is 0 Å². The van der Waals surface area contributed by atoms with Gasteiger partial charge in [-0.3, -0.25) is 4.21 Å². The molecule has 140 valence electrons. The molecule has 0 spiro atoms. The normalized spacial score (nSPS) is 18.4. The number of nitrogens with zero attached hydrogens (tertiary/aromatic N) is 1. The van der Waals surface area contributed by atoms with Crippen LogP contribution in [-0.2, 0) is 17.3 Å². The number of alkyl halides is 1. The van der Waals surface area contributed by atoms with Gasteiger partial charge in [-0.05, 0) is 36.8 Å². The molecule has 0 fully saturated rings. The number of aliphatic hydroxyl groups excluding tert-OH is 1. The van der Waals surface area contributed by atoms with Crippen molar-refractivity contribution < 1.29 is 9.32 Å². The average Bonchev–Trinajstić information content (AvgIpc) is 2.94. The molecule has 0 saturated carbocycles. The minimum Gasteiger partial charge on any atom is -0.390 e. The molecular formula is C21H19Br2NO2S. The summed E-state index contributed by atoms with van der Waals surface area (Å²) in [7, 11) is -1.22. The lowest BCUT2D eigenvalue weighted by Gasteiger charge is -2.14. The summed E-state index contributed by atoms with van der Waals surface area (Å²) in [6.45, 7) is 0.420.